The number of likely N-dealkylation sites (tertiary alicyclic amines) is 1. The maximum absolute atomic E-state index is 12.4. The molecule has 0 spiro atoms. The number of anilines is 1. The van der Waals surface area contributed by atoms with Gasteiger partial charge in [-0.2, -0.15) is 0 Å². The summed E-state index contributed by atoms with van der Waals surface area (Å²) in [5.41, 5.74) is 1.91. The Balaban J connectivity index is 1.35. The van der Waals surface area contributed by atoms with E-state index in [0.717, 1.165) is 11.4 Å². The molecule has 3 heterocycles. The van der Waals surface area contributed by atoms with Crippen molar-refractivity contribution in [3.05, 3.63) is 41.2 Å². The Morgan fingerprint density at radius 1 is 1.38 bits per heavy atom. The van der Waals surface area contributed by atoms with Gasteiger partial charge in [0.05, 0.1) is 23.9 Å². The molecule has 1 atom stereocenters. The van der Waals surface area contributed by atoms with Gasteiger partial charge in [-0.25, -0.2) is 4.98 Å². The number of pyridine rings is 1. The quantitative estimate of drug-likeness (QED) is 0.905. The number of nitrogens with one attached hydrogen (secondary N) is 1. The van der Waals surface area contributed by atoms with Crippen molar-refractivity contribution in [1.29, 1.82) is 0 Å². The molecular weight excluding hydrogens is 324 g/mol. The summed E-state index contributed by atoms with van der Waals surface area (Å²) in [7, 11) is 0. The molecule has 1 N–H and O–H groups in total. The lowest BCUT2D eigenvalue weighted by Gasteiger charge is -2.15. The van der Waals surface area contributed by atoms with Crippen LogP contribution >= 0.6 is 11.3 Å². The summed E-state index contributed by atoms with van der Waals surface area (Å²) in [6.45, 7) is 0.884. The Morgan fingerprint density at radius 3 is 3.00 bits per heavy atom. The van der Waals surface area contributed by atoms with Crippen LogP contribution < -0.4 is 5.32 Å². The third kappa shape index (κ3) is 3.31. The van der Waals surface area contributed by atoms with Crippen molar-refractivity contribution >= 4 is 28.3 Å². The SMILES string of the molecule is O=C(Nc1nc(C2CC2)cs1)[C@@H]1CC(=O)N(Cc2ccccn2)C1. The van der Waals surface area contributed by atoms with Crippen molar-refractivity contribution in [2.24, 2.45) is 5.92 Å². The molecule has 124 valence electrons. The minimum absolute atomic E-state index is 0.00129. The smallest absolute Gasteiger partial charge is 0.231 e. The number of carbonyl (C=O) groups excluding carboxylic acids is 2. The lowest BCUT2D eigenvalue weighted by molar-refractivity contribution is -0.128. The molecule has 2 aromatic rings. The third-order valence-corrected chi connectivity index (χ3v) is 5.19. The van der Waals surface area contributed by atoms with Crippen LogP contribution in [-0.2, 0) is 16.1 Å². The lowest BCUT2D eigenvalue weighted by atomic mass is 10.1. The maximum atomic E-state index is 12.4. The van der Waals surface area contributed by atoms with E-state index in [2.05, 4.69) is 15.3 Å². The number of rotatable bonds is 5. The zero-order valence-electron chi connectivity index (χ0n) is 13.1. The van der Waals surface area contributed by atoms with Crippen LogP contribution in [0.2, 0.25) is 0 Å². The Bertz CT molecular complexity index is 757. The zero-order valence-corrected chi connectivity index (χ0v) is 14.0. The fraction of sp³-hybridized carbons (Fsp3) is 0.412. The van der Waals surface area contributed by atoms with Crippen LogP contribution in [0.4, 0.5) is 5.13 Å². The van der Waals surface area contributed by atoms with Crippen molar-refractivity contribution < 1.29 is 9.59 Å². The average Bonchev–Trinajstić information content (AvgIpc) is 3.23. The van der Waals surface area contributed by atoms with E-state index in [1.807, 2.05) is 23.6 Å². The molecule has 7 heteroatoms. The Labute approximate surface area is 143 Å². The Kier molecular flexibility index (Phi) is 4.02. The first-order valence-electron chi connectivity index (χ1n) is 8.13. The van der Waals surface area contributed by atoms with E-state index in [1.54, 1.807) is 11.1 Å². The molecule has 0 aromatic carbocycles. The number of thiazole rings is 1. The van der Waals surface area contributed by atoms with Crippen LogP contribution in [0.25, 0.3) is 0 Å². The normalized spacial score (nSPS) is 20.4. The van der Waals surface area contributed by atoms with Crippen LogP contribution in [-0.4, -0.2) is 33.2 Å². The van der Waals surface area contributed by atoms with Crippen LogP contribution in [0.5, 0.6) is 0 Å². The summed E-state index contributed by atoms with van der Waals surface area (Å²) >= 11 is 1.46. The van der Waals surface area contributed by atoms with Gasteiger partial charge < -0.3 is 10.2 Å². The highest BCUT2D eigenvalue weighted by atomic mass is 32.1. The second kappa shape index (κ2) is 6.32. The highest BCUT2D eigenvalue weighted by Crippen LogP contribution is 2.41. The maximum Gasteiger partial charge on any atom is 0.231 e. The van der Waals surface area contributed by atoms with E-state index < -0.39 is 0 Å². The minimum atomic E-state index is -0.325. The van der Waals surface area contributed by atoms with Gasteiger partial charge in [-0.3, -0.25) is 14.6 Å². The van der Waals surface area contributed by atoms with E-state index in [4.69, 9.17) is 0 Å². The molecule has 1 aliphatic heterocycles. The summed E-state index contributed by atoms with van der Waals surface area (Å²) < 4.78 is 0. The standard InChI is InChI=1S/C17H18N4O2S/c22-15-7-12(8-21(15)9-13-3-1-2-6-18-13)16(23)20-17-19-14(10-24-17)11-4-5-11/h1-3,6,10-12H,4-5,7-9H2,(H,19,20,23)/t12-/m1/s1. The van der Waals surface area contributed by atoms with E-state index in [-0.39, 0.29) is 24.2 Å². The third-order valence-electron chi connectivity index (χ3n) is 4.41. The predicted octanol–water partition coefficient (Wildman–Crippen LogP) is 2.40. The Morgan fingerprint density at radius 2 is 2.25 bits per heavy atom. The Hall–Kier alpha value is -2.28. The van der Waals surface area contributed by atoms with Crippen molar-refractivity contribution in [2.45, 2.75) is 31.7 Å². The van der Waals surface area contributed by atoms with Gasteiger partial charge >= 0.3 is 0 Å². The van der Waals surface area contributed by atoms with Crippen LogP contribution in [0, 0.1) is 5.92 Å². The fourth-order valence-corrected chi connectivity index (χ4v) is 3.70. The molecule has 2 amide bonds. The molecule has 0 bridgehead atoms. The molecule has 24 heavy (non-hydrogen) atoms. The summed E-state index contributed by atoms with van der Waals surface area (Å²) in [5.74, 6) is 0.130. The molecule has 1 saturated carbocycles. The second-order valence-corrected chi connectivity index (χ2v) is 7.20. The minimum Gasteiger partial charge on any atom is -0.336 e. The molecule has 2 aromatic heterocycles. The van der Waals surface area contributed by atoms with Crippen LogP contribution in [0.1, 0.15) is 36.6 Å². The summed E-state index contributed by atoms with van der Waals surface area (Å²) in [6, 6.07) is 5.62. The molecular formula is C17H18N4O2S. The zero-order chi connectivity index (χ0) is 16.5. The van der Waals surface area contributed by atoms with Gasteiger partial charge in [-0.1, -0.05) is 6.07 Å². The monoisotopic (exact) mass is 342 g/mol. The number of nitrogens with zero attached hydrogens (tertiary/aromatic N) is 3. The second-order valence-electron chi connectivity index (χ2n) is 6.34. The number of amides is 2. The average molecular weight is 342 g/mol. The molecule has 1 aliphatic carbocycles. The highest BCUT2D eigenvalue weighted by molar-refractivity contribution is 7.13. The topological polar surface area (TPSA) is 75.2 Å². The number of hydrogen-bond donors (Lipinski definition) is 1. The van der Waals surface area contributed by atoms with E-state index in [0.29, 0.717) is 24.1 Å². The largest absolute Gasteiger partial charge is 0.336 e. The summed E-state index contributed by atoms with van der Waals surface area (Å²) in [4.78, 5) is 35.0. The van der Waals surface area contributed by atoms with E-state index in [1.165, 1.54) is 24.2 Å². The van der Waals surface area contributed by atoms with Crippen LogP contribution in [0.15, 0.2) is 29.8 Å². The highest BCUT2D eigenvalue weighted by Gasteiger charge is 2.35. The van der Waals surface area contributed by atoms with Crippen molar-refractivity contribution in [3.63, 3.8) is 0 Å². The van der Waals surface area contributed by atoms with Gasteiger partial charge in [-0.15, -0.1) is 11.3 Å². The molecule has 2 aliphatic rings. The van der Waals surface area contributed by atoms with Gasteiger partial charge in [0.15, 0.2) is 5.13 Å². The number of hydrogen-bond acceptors (Lipinski definition) is 5. The molecule has 2 fully saturated rings. The lowest BCUT2D eigenvalue weighted by Crippen LogP contribution is -2.28. The van der Waals surface area contributed by atoms with E-state index >= 15 is 0 Å². The van der Waals surface area contributed by atoms with Gasteiger partial charge in [0.1, 0.15) is 0 Å². The molecule has 0 unspecified atom stereocenters. The van der Waals surface area contributed by atoms with Gasteiger partial charge in [0.25, 0.3) is 0 Å². The van der Waals surface area contributed by atoms with Crippen molar-refractivity contribution in [3.8, 4) is 0 Å². The van der Waals surface area contributed by atoms with Crippen LogP contribution in [0.3, 0.4) is 0 Å². The predicted molar refractivity (Wildman–Crippen MR) is 90.5 cm³/mol. The number of aromatic nitrogens is 2. The molecule has 4 rings (SSSR count). The van der Waals surface area contributed by atoms with Gasteiger partial charge in [-0.05, 0) is 25.0 Å². The fourth-order valence-electron chi connectivity index (χ4n) is 2.91. The van der Waals surface area contributed by atoms with Crippen molar-refractivity contribution in [1.82, 2.24) is 14.9 Å². The first-order valence-corrected chi connectivity index (χ1v) is 9.01. The summed E-state index contributed by atoms with van der Waals surface area (Å²) in [6.07, 6.45) is 4.34. The first-order chi connectivity index (χ1) is 11.7. The van der Waals surface area contributed by atoms with Crippen molar-refractivity contribution in [2.75, 3.05) is 11.9 Å². The molecule has 0 radical (unpaired) electrons. The first kappa shape index (κ1) is 15.3. The molecule has 6 nitrogen and oxygen atoms in total. The van der Waals surface area contributed by atoms with E-state index in [9.17, 15) is 9.59 Å². The summed E-state index contributed by atoms with van der Waals surface area (Å²) in [5, 5.41) is 5.52. The van der Waals surface area contributed by atoms with Gasteiger partial charge in [0, 0.05) is 30.5 Å². The van der Waals surface area contributed by atoms with Gasteiger partial charge in [0.2, 0.25) is 11.8 Å². The number of carbonyl (C=O) groups is 2. The molecule has 1 saturated heterocycles.